The number of nitrogens with zero attached hydrogens (tertiary/aromatic N) is 1. The molecule has 0 radical (unpaired) electrons. The van der Waals surface area contributed by atoms with E-state index < -0.39 is 11.7 Å². The van der Waals surface area contributed by atoms with E-state index in [9.17, 15) is 13.2 Å². The van der Waals surface area contributed by atoms with Gasteiger partial charge in [-0.1, -0.05) is 53.7 Å². The lowest BCUT2D eigenvalue weighted by Gasteiger charge is -2.11. The average Bonchev–Trinajstić information content (AvgIpc) is 3.04. The molecule has 0 fully saturated rings. The number of benzene rings is 2. The topological polar surface area (TPSA) is 33.6 Å². The first kappa shape index (κ1) is 16.5. The molecule has 1 aliphatic heterocycles. The number of oxime groups is 1. The molecular formula is C18H17F3N2O. The van der Waals surface area contributed by atoms with E-state index in [4.69, 9.17) is 4.84 Å². The van der Waals surface area contributed by atoms with Crippen LogP contribution in [0.3, 0.4) is 0 Å². The minimum atomic E-state index is -4.32. The Morgan fingerprint density at radius 1 is 1.08 bits per heavy atom. The highest BCUT2D eigenvalue weighted by Crippen LogP contribution is 2.29. The molecule has 0 saturated carbocycles. The van der Waals surface area contributed by atoms with Crippen LogP contribution in [0.15, 0.2) is 59.8 Å². The Balaban J connectivity index is 1.48. The van der Waals surface area contributed by atoms with Crippen molar-refractivity contribution in [3.05, 3.63) is 71.3 Å². The number of hydrogen-bond donors (Lipinski definition) is 1. The first-order chi connectivity index (χ1) is 11.5. The third kappa shape index (κ3) is 4.14. The molecular weight excluding hydrogens is 317 g/mol. The van der Waals surface area contributed by atoms with Crippen LogP contribution in [0, 0.1) is 0 Å². The molecule has 24 heavy (non-hydrogen) atoms. The van der Waals surface area contributed by atoms with Crippen LogP contribution in [0.4, 0.5) is 13.2 Å². The van der Waals surface area contributed by atoms with Crippen molar-refractivity contribution in [2.75, 3.05) is 6.54 Å². The van der Waals surface area contributed by atoms with Crippen LogP contribution in [0.5, 0.6) is 0 Å². The van der Waals surface area contributed by atoms with Crippen LogP contribution < -0.4 is 5.32 Å². The van der Waals surface area contributed by atoms with Crippen LogP contribution in [0.2, 0.25) is 0 Å². The fraction of sp³-hybridized carbons (Fsp3) is 0.278. The molecule has 1 N–H and O–H groups in total. The van der Waals surface area contributed by atoms with Gasteiger partial charge in [-0.2, -0.15) is 13.2 Å². The van der Waals surface area contributed by atoms with Gasteiger partial charge in [0.1, 0.15) is 6.10 Å². The SMILES string of the molecule is FC(F)(F)c1cccc(CNC[C@H]2CC(c3ccccc3)=NO2)c1. The molecule has 0 unspecified atom stereocenters. The van der Waals surface area contributed by atoms with E-state index in [1.165, 1.54) is 6.07 Å². The quantitative estimate of drug-likeness (QED) is 0.897. The van der Waals surface area contributed by atoms with Crippen LogP contribution in [-0.2, 0) is 17.6 Å². The summed E-state index contributed by atoms with van der Waals surface area (Å²) in [5.41, 5.74) is 1.87. The van der Waals surface area contributed by atoms with E-state index >= 15 is 0 Å². The maximum atomic E-state index is 12.7. The van der Waals surface area contributed by atoms with Gasteiger partial charge in [-0.3, -0.25) is 0 Å². The van der Waals surface area contributed by atoms with Crippen molar-refractivity contribution in [1.82, 2.24) is 5.32 Å². The van der Waals surface area contributed by atoms with Crippen LogP contribution in [-0.4, -0.2) is 18.4 Å². The van der Waals surface area contributed by atoms with Crippen molar-refractivity contribution in [2.24, 2.45) is 5.16 Å². The van der Waals surface area contributed by atoms with E-state index in [1.807, 2.05) is 30.3 Å². The smallest absolute Gasteiger partial charge is 0.390 e. The van der Waals surface area contributed by atoms with Crippen LogP contribution in [0.1, 0.15) is 23.1 Å². The van der Waals surface area contributed by atoms with Gasteiger partial charge in [0.05, 0.1) is 11.3 Å². The second-order valence-corrected chi connectivity index (χ2v) is 5.66. The molecule has 6 heteroatoms. The van der Waals surface area contributed by atoms with E-state index in [1.54, 1.807) is 6.07 Å². The Bertz CT molecular complexity index is 714. The molecule has 0 spiro atoms. The van der Waals surface area contributed by atoms with Gasteiger partial charge in [0.25, 0.3) is 0 Å². The van der Waals surface area contributed by atoms with Gasteiger partial charge < -0.3 is 10.2 Å². The number of rotatable bonds is 5. The summed E-state index contributed by atoms with van der Waals surface area (Å²) in [7, 11) is 0. The van der Waals surface area contributed by atoms with E-state index in [0.29, 0.717) is 25.1 Å². The normalized spacial score (nSPS) is 17.5. The Kier molecular flexibility index (Phi) is 4.85. The predicted octanol–water partition coefficient (Wildman–Crippen LogP) is 3.99. The zero-order valence-electron chi connectivity index (χ0n) is 12.9. The first-order valence-corrected chi connectivity index (χ1v) is 7.67. The summed E-state index contributed by atoms with van der Waals surface area (Å²) in [6.45, 7) is 0.876. The minimum Gasteiger partial charge on any atom is -0.390 e. The van der Waals surface area contributed by atoms with Crippen molar-refractivity contribution in [1.29, 1.82) is 0 Å². The summed E-state index contributed by atoms with van der Waals surface area (Å²) < 4.78 is 38.1. The third-order valence-corrected chi connectivity index (χ3v) is 3.80. The van der Waals surface area contributed by atoms with Crippen molar-refractivity contribution in [2.45, 2.75) is 25.2 Å². The van der Waals surface area contributed by atoms with Crippen molar-refractivity contribution < 1.29 is 18.0 Å². The van der Waals surface area contributed by atoms with Gasteiger partial charge in [-0.05, 0) is 17.2 Å². The standard InChI is InChI=1S/C18H17F3N2O/c19-18(20,21)15-8-4-5-13(9-15)11-22-12-16-10-17(23-24-16)14-6-2-1-3-7-14/h1-9,16,22H,10-12H2/t16-/m1/s1. The number of halogens is 3. The number of hydrogen-bond acceptors (Lipinski definition) is 3. The second kappa shape index (κ2) is 7.05. The highest BCUT2D eigenvalue weighted by atomic mass is 19.4. The third-order valence-electron chi connectivity index (χ3n) is 3.80. The molecule has 0 aromatic heterocycles. The summed E-state index contributed by atoms with van der Waals surface area (Å²) in [6.07, 6.45) is -3.74. The molecule has 3 rings (SSSR count). The molecule has 0 bridgehead atoms. The summed E-state index contributed by atoms with van der Waals surface area (Å²) in [4.78, 5) is 5.38. The van der Waals surface area contributed by atoms with E-state index in [0.717, 1.165) is 23.4 Å². The average molecular weight is 334 g/mol. The Hall–Kier alpha value is -2.34. The Morgan fingerprint density at radius 2 is 1.88 bits per heavy atom. The molecule has 2 aromatic carbocycles. The summed E-state index contributed by atoms with van der Waals surface area (Å²) in [5.74, 6) is 0. The molecule has 126 valence electrons. The zero-order chi connectivity index (χ0) is 17.0. The molecule has 0 aliphatic carbocycles. The van der Waals surface area contributed by atoms with Gasteiger partial charge in [0.2, 0.25) is 0 Å². The van der Waals surface area contributed by atoms with E-state index in [-0.39, 0.29) is 6.10 Å². The highest BCUT2D eigenvalue weighted by molar-refractivity contribution is 6.01. The highest BCUT2D eigenvalue weighted by Gasteiger charge is 2.30. The minimum absolute atomic E-state index is 0.106. The van der Waals surface area contributed by atoms with Gasteiger partial charge >= 0.3 is 6.18 Å². The Morgan fingerprint density at radius 3 is 2.62 bits per heavy atom. The molecule has 0 amide bonds. The van der Waals surface area contributed by atoms with E-state index in [2.05, 4.69) is 10.5 Å². The molecule has 1 atom stereocenters. The first-order valence-electron chi connectivity index (χ1n) is 7.67. The van der Waals surface area contributed by atoms with Crippen molar-refractivity contribution >= 4 is 5.71 Å². The van der Waals surface area contributed by atoms with Crippen LogP contribution >= 0.6 is 0 Å². The van der Waals surface area contributed by atoms with Crippen LogP contribution in [0.25, 0.3) is 0 Å². The summed E-state index contributed by atoms with van der Waals surface area (Å²) in [6, 6.07) is 15.1. The number of alkyl halides is 3. The lowest BCUT2D eigenvalue weighted by molar-refractivity contribution is -0.137. The molecule has 2 aromatic rings. The van der Waals surface area contributed by atoms with Gasteiger partial charge in [-0.25, -0.2) is 0 Å². The fourth-order valence-corrected chi connectivity index (χ4v) is 2.57. The summed E-state index contributed by atoms with van der Waals surface area (Å²) in [5, 5.41) is 7.22. The largest absolute Gasteiger partial charge is 0.416 e. The van der Waals surface area contributed by atoms with Gasteiger partial charge in [-0.15, -0.1) is 0 Å². The fourth-order valence-electron chi connectivity index (χ4n) is 2.57. The predicted molar refractivity (Wildman–Crippen MR) is 85.6 cm³/mol. The molecule has 1 heterocycles. The number of nitrogens with one attached hydrogen (secondary N) is 1. The van der Waals surface area contributed by atoms with Gasteiger partial charge in [0.15, 0.2) is 0 Å². The maximum absolute atomic E-state index is 12.7. The van der Waals surface area contributed by atoms with Crippen molar-refractivity contribution in [3.8, 4) is 0 Å². The lowest BCUT2D eigenvalue weighted by Crippen LogP contribution is -2.26. The zero-order valence-corrected chi connectivity index (χ0v) is 12.9. The monoisotopic (exact) mass is 334 g/mol. The lowest BCUT2D eigenvalue weighted by atomic mass is 10.1. The molecule has 3 nitrogen and oxygen atoms in total. The second-order valence-electron chi connectivity index (χ2n) is 5.66. The Labute approximate surface area is 138 Å². The molecule has 1 aliphatic rings. The summed E-state index contributed by atoms with van der Waals surface area (Å²) >= 11 is 0. The van der Waals surface area contributed by atoms with Gasteiger partial charge in [0, 0.05) is 19.5 Å². The van der Waals surface area contributed by atoms with Crippen molar-refractivity contribution in [3.63, 3.8) is 0 Å². The maximum Gasteiger partial charge on any atom is 0.416 e. The molecule has 0 saturated heterocycles.